The maximum Gasteiger partial charge on any atom is 0.161 e. The fourth-order valence-electron chi connectivity index (χ4n) is 2.01. The van der Waals surface area contributed by atoms with E-state index in [-0.39, 0.29) is 11.9 Å². The minimum absolute atomic E-state index is 0.0568. The van der Waals surface area contributed by atoms with Crippen LogP contribution in [0.5, 0.6) is 0 Å². The third kappa shape index (κ3) is 1.63. The Morgan fingerprint density at radius 3 is 3.00 bits per heavy atom. The fraction of sp³-hybridized carbons (Fsp3) is 0.364. The van der Waals surface area contributed by atoms with Crippen molar-refractivity contribution in [3.05, 3.63) is 29.8 Å². The van der Waals surface area contributed by atoms with Crippen molar-refractivity contribution >= 4 is 11.5 Å². The Hall–Kier alpha value is -1.71. The molecule has 1 aliphatic rings. The van der Waals surface area contributed by atoms with Gasteiger partial charge in [0.05, 0.1) is 6.04 Å². The van der Waals surface area contributed by atoms with Gasteiger partial charge in [-0.05, 0) is 25.0 Å². The summed E-state index contributed by atoms with van der Waals surface area (Å²) in [5.74, 6) is 0.256. The van der Waals surface area contributed by atoms with Crippen molar-refractivity contribution in [3.63, 3.8) is 0 Å². The molecule has 3 N–H and O–H groups in total. The zero-order chi connectivity index (χ0) is 10.8. The number of para-hydroxylation sites is 1. The largest absolute Gasteiger partial charge is 0.409 e. The van der Waals surface area contributed by atoms with Crippen LogP contribution in [0.4, 0.5) is 5.69 Å². The van der Waals surface area contributed by atoms with Gasteiger partial charge in [-0.3, -0.25) is 0 Å². The Balaban J connectivity index is 2.28. The minimum Gasteiger partial charge on any atom is -0.409 e. The molecule has 0 saturated carbocycles. The summed E-state index contributed by atoms with van der Waals surface area (Å²) in [4.78, 5) is 2.16. The molecule has 0 unspecified atom stereocenters. The van der Waals surface area contributed by atoms with Gasteiger partial charge in [-0.1, -0.05) is 23.4 Å². The second kappa shape index (κ2) is 3.81. The Morgan fingerprint density at radius 1 is 1.53 bits per heavy atom. The Kier molecular flexibility index (Phi) is 2.49. The van der Waals surface area contributed by atoms with Crippen molar-refractivity contribution in [2.75, 3.05) is 11.4 Å². The number of benzene rings is 1. The van der Waals surface area contributed by atoms with Crippen LogP contribution in [-0.4, -0.2) is 23.6 Å². The molecule has 4 heteroatoms. The Labute approximate surface area is 89.0 Å². The van der Waals surface area contributed by atoms with Gasteiger partial charge < -0.3 is 15.8 Å². The topological polar surface area (TPSA) is 61.9 Å². The summed E-state index contributed by atoms with van der Waals surface area (Å²) < 4.78 is 0. The van der Waals surface area contributed by atoms with Gasteiger partial charge in [-0.2, -0.15) is 0 Å². The SMILES string of the molecule is C[C@H](/C(N)=N\O)N1CCc2ccccc21. The quantitative estimate of drug-likeness (QED) is 0.330. The van der Waals surface area contributed by atoms with E-state index in [1.807, 2.05) is 19.1 Å². The number of amidine groups is 1. The van der Waals surface area contributed by atoms with E-state index in [4.69, 9.17) is 10.9 Å². The van der Waals surface area contributed by atoms with Crippen molar-refractivity contribution in [1.82, 2.24) is 0 Å². The number of anilines is 1. The highest BCUT2D eigenvalue weighted by Crippen LogP contribution is 2.28. The van der Waals surface area contributed by atoms with Crippen LogP contribution in [0.25, 0.3) is 0 Å². The first-order valence-corrected chi connectivity index (χ1v) is 5.06. The summed E-state index contributed by atoms with van der Waals surface area (Å²) in [6.07, 6.45) is 1.03. The van der Waals surface area contributed by atoms with Crippen LogP contribution in [0.15, 0.2) is 29.4 Å². The molecule has 1 atom stereocenters. The highest BCUT2D eigenvalue weighted by Gasteiger charge is 2.24. The summed E-state index contributed by atoms with van der Waals surface area (Å²) in [5, 5.41) is 11.7. The molecule has 1 aromatic rings. The summed E-state index contributed by atoms with van der Waals surface area (Å²) >= 11 is 0. The predicted molar refractivity (Wildman–Crippen MR) is 60.4 cm³/mol. The van der Waals surface area contributed by atoms with Crippen LogP contribution >= 0.6 is 0 Å². The smallest absolute Gasteiger partial charge is 0.161 e. The lowest BCUT2D eigenvalue weighted by Crippen LogP contribution is -2.42. The average molecular weight is 205 g/mol. The molecule has 0 radical (unpaired) electrons. The van der Waals surface area contributed by atoms with Crippen LogP contribution in [0, 0.1) is 0 Å². The maximum atomic E-state index is 8.65. The molecular formula is C11H15N3O. The molecule has 0 aromatic heterocycles. The number of oxime groups is 1. The molecular weight excluding hydrogens is 190 g/mol. The van der Waals surface area contributed by atoms with E-state index < -0.39 is 0 Å². The van der Waals surface area contributed by atoms with Gasteiger partial charge in [0, 0.05) is 12.2 Å². The zero-order valence-corrected chi connectivity index (χ0v) is 8.72. The van der Waals surface area contributed by atoms with Crippen LogP contribution in [0.2, 0.25) is 0 Å². The third-order valence-electron chi connectivity index (χ3n) is 2.93. The van der Waals surface area contributed by atoms with Crippen molar-refractivity contribution in [2.24, 2.45) is 10.9 Å². The number of fused-ring (bicyclic) bond motifs is 1. The molecule has 1 aliphatic heterocycles. The molecule has 0 bridgehead atoms. The zero-order valence-electron chi connectivity index (χ0n) is 8.72. The summed E-state index contributed by atoms with van der Waals surface area (Å²) in [7, 11) is 0. The van der Waals surface area contributed by atoms with Crippen molar-refractivity contribution in [2.45, 2.75) is 19.4 Å². The number of rotatable bonds is 2. The second-order valence-electron chi connectivity index (χ2n) is 3.77. The number of nitrogens with zero attached hydrogens (tertiary/aromatic N) is 2. The Morgan fingerprint density at radius 2 is 2.27 bits per heavy atom. The lowest BCUT2D eigenvalue weighted by molar-refractivity contribution is 0.316. The van der Waals surface area contributed by atoms with Gasteiger partial charge in [0.25, 0.3) is 0 Å². The van der Waals surface area contributed by atoms with Crippen LogP contribution < -0.4 is 10.6 Å². The lowest BCUT2D eigenvalue weighted by Gasteiger charge is -2.25. The molecule has 0 amide bonds. The van der Waals surface area contributed by atoms with E-state index in [0.29, 0.717) is 0 Å². The van der Waals surface area contributed by atoms with E-state index >= 15 is 0 Å². The van der Waals surface area contributed by atoms with Gasteiger partial charge in [0.1, 0.15) is 0 Å². The predicted octanol–water partition coefficient (Wildman–Crippen LogP) is 1.18. The van der Waals surface area contributed by atoms with E-state index in [2.05, 4.69) is 22.2 Å². The Bertz CT molecular complexity index is 389. The van der Waals surface area contributed by atoms with E-state index in [0.717, 1.165) is 13.0 Å². The molecule has 80 valence electrons. The molecule has 0 spiro atoms. The van der Waals surface area contributed by atoms with Gasteiger partial charge in [0.2, 0.25) is 0 Å². The van der Waals surface area contributed by atoms with E-state index in [1.54, 1.807) is 0 Å². The van der Waals surface area contributed by atoms with Crippen molar-refractivity contribution < 1.29 is 5.21 Å². The maximum absolute atomic E-state index is 8.65. The molecule has 4 nitrogen and oxygen atoms in total. The first-order valence-electron chi connectivity index (χ1n) is 5.06. The van der Waals surface area contributed by atoms with Crippen molar-refractivity contribution in [1.29, 1.82) is 0 Å². The molecule has 0 aliphatic carbocycles. The fourth-order valence-corrected chi connectivity index (χ4v) is 2.01. The molecule has 15 heavy (non-hydrogen) atoms. The number of hydrogen-bond donors (Lipinski definition) is 2. The first kappa shape index (κ1) is 9.83. The van der Waals surface area contributed by atoms with Crippen molar-refractivity contribution in [3.8, 4) is 0 Å². The summed E-state index contributed by atoms with van der Waals surface area (Å²) in [6.45, 7) is 2.87. The van der Waals surface area contributed by atoms with E-state index in [9.17, 15) is 0 Å². The monoisotopic (exact) mass is 205 g/mol. The highest BCUT2D eigenvalue weighted by atomic mass is 16.4. The van der Waals surface area contributed by atoms with E-state index in [1.165, 1.54) is 11.3 Å². The molecule has 1 heterocycles. The molecule has 1 aromatic carbocycles. The lowest BCUT2D eigenvalue weighted by atomic mass is 10.2. The first-order chi connectivity index (χ1) is 7.24. The molecule has 0 fully saturated rings. The van der Waals surface area contributed by atoms with Crippen LogP contribution in [-0.2, 0) is 6.42 Å². The standard InChI is InChI=1S/C11H15N3O/c1-8(11(12)13-15)14-7-6-9-4-2-3-5-10(9)14/h2-5,8,15H,6-7H2,1H3,(H2,12,13)/t8-/m1/s1. The highest BCUT2D eigenvalue weighted by molar-refractivity contribution is 5.88. The van der Waals surface area contributed by atoms with Gasteiger partial charge in [0.15, 0.2) is 5.84 Å². The average Bonchev–Trinajstić information content (AvgIpc) is 2.70. The number of hydrogen-bond acceptors (Lipinski definition) is 3. The minimum atomic E-state index is -0.0568. The van der Waals surface area contributed by atoms with Crippen LogP contribution in [0.3, 0.4) is 0 Å². The van der Waals surface area contributed by atoms with Gasteiger partial charge in [-0.15, -0.1) is 0 Å². The molecule has 0 saturated heterocycles. The van der Waals surface area contributed by atoms with Crippen LogP contribution in [0.1, 0.15) is 12.5 Å². The third-order valence-corrected chi connectivity index (χ3v) is 2.93. The second-order valence-corrected chi connectivity index (χ2v) is 3.77. The summed E-state index contributed by atoms with van der Waals surface area (Å²) in [5.41, 5.74) is 8.13. The number of nitrogens with two attached hydrogens (primary N) is 1. The molecule has 2 rings (SSSR count). The van der Waals surface area contributed by atoms with Gasteiger partial charge in [-0.25, -0.2) is 0 Å². The normalized spacial score (nSPS) is 17.7. The van der Waals surface area contributed by atoms with Gasteiger partial charge >= 0.3 is 0 Å². The summed E-state index contributed by atoms with van der Waals surface area (Å²) in [6, 6.07) is 8.18.